The van der Waals surface area contributed by atoms with Crippen molar-refractivity contribution in [1.29, 1.82) is 0 Å². The molecule has 0 unspecified atom stereocenters. The normalized spacial score (nSPS) is 15.7. The summed E-state index contributed by atoms with van der Waals surface area (Å²) < 4.78 is 12.6. The third-order valence-electron chi connectivity index (χ3n) is 3.63. The van der Waals surface area contributed by atoms with Crippen LogP contribution in [0, 0.1) is 0 Å². The van der Waals surface area contributed by atoms with Crippen LogP contribution in [0.2, 0.25) is 0 Å². The van der Waals surface area contributed by atoms with Crippen molar-refractivity contribution in [2.75, 3.05) is 14.2 Å². The molecular formula is C18H15BrN2O3S2. The Balaban J connectivity index is 1.86. The monoisotopic (exact) mass is 450 g/mol. The highest BCUT2D eigenvalue weighted by molar-refractivity contribution is 9.10. The van der Waals surface area contributed by atoms with Crippen LogP contribution >= 0.6 is 39.9 Å². The van der Waals surface area contributed by atoms with E-state index in [1.165, 1.54) is 16.7 Å². The number of hydrogen-bond donors (Lipinski definition) is 0. The number of halogens is 1. The van der Waals surface area contributed by atoms with E-state index in [4.69, 9.17) is 21.7 Å². The van der Waals surface area contributed by atoms with Gasteiger partial charge in [0, 0.05) is 13.2 Å². The number of rotatable bonds is 5. The number of thioether (sulfide) groups is 1. The minimum atomic E-state index is -0.106. The molecule has 1 aromatic heterocycles. The van der Waals surface area contributed by atoms with E-state index in [9.17, 15) is 4.79 Å². The topological polar surface area (TPSA) is 51.7 Å². The van der Waals surface area contributed by atoms with Gasteiger partial charge in [0.05, 0.1) is 22.2 Å². The Morgan fingerprint density at radius 3 is 2.81 bits per heavy atom. The number of methoxy groups -OCH3 is 1. The van der Waals surface area contributed by atoms with Gasteiger partial charge in [0.15, 0.2) is 11.5 Å². The van der Waals surface area contributed by atoms with E-state index in [1.807, 2.05) is 30.3 Å². The number of nitrogens with zero attached hydrogens (tertiary/aromatic N) is 2. The number of aromatic nitrogens is 1. The number of benzene rings is 1. The summed E-state index contributed by atoms with van der Waals surface area (Å²) in [7, 11) is 3.24. The molecule has 0 atom stereocenters. The first kappa shape index (κ1) is 18.9. The highest BCUT2D eigenvalue weighted by atomic mass is 79.9. The third-order valence-corrected chi connectivity index (χ3v) is 5.70. The molecule has 1 aliphatic rings. The lowest BCUT2D eigenvalue weighted by Crippen LogP contribution is -2.22. The lowest BCUT2D eigenvalue weighted by Gasteiger charge is -2.13. The fourth-order valence-electron chi connectivity index (χ4n) is 2.29. The molecule has 1 amide bonds. The van der Waals surface area contributed by atoms with Gasteiger partial charge < -0.3 is 9.47 Å². The van der Waals surface area contributed by atoms with Crippen LogP contribution in [0.4, 0.5) is 0 Å². The van der Waals surface area contributed by atoms with Crippen molar-refractivity contribution < 1.29 is 14.3 Å². The second-order valence-electron chi connectivity index (χ2n) is 5.38. The highest BCUT2D eigenvalue weighted by Gasteiger charge is 2.28. The van der Waals surface area contributed by atoms with Crippen molar-refractivity contribution in [1.82, 2.24) is 9.88 Å². The van der Waals surface area contributed by atoms with Gasteiger partial charge in [0.1, 0.15) is 10.9 Å². The van der Waals surface area contributed by atoms with E-state index in [1.54, 1.807) is 26.4 Å². The number of pyridine rings is 1. The zero-order chi connectivity index (χ0) is 18.7. The molecule has 0 spiro atoms. The first-order chi connectivity index (χ1) is 12.5. The molecule has 134 valence electrons. The predicted octanol–water partition coefficient (Wildman–Crippen LogP) is 4.26. The molecule has 26 heavy (non-hydrogen) atoms. The lowest BCUT2D eigenvalue weighted by molar-refractivity contribution is -0.121. The lowest BCUT2D eigenvalue weighted by atomic mass is 10.2. The number of amides is 1. The molecule has 1 aromatic carbocycles. The van der Waals surface area contributed by atoms with Crippen LogP contribution in [0.3, 0.4) is 0 Å². The van der Waals surface area contributed by atoms with Crippen LogP contribution in [0.25, 0.3) is 6.08 Å². The molecule has 0 bridgehead atoms. The number of thiocarbonyl (C=S) groups is 1. The average molecular weight is 451 g/mol. The maximum absolute atomic E-state index is 12.2. The Morgan fingerprint density at radius 1 is 1.38 bits per heavy atom. The van der Waals surface area contributed by atoms with Crippen molar-refractivity contribution in [2.24, 2.45) is 0 Å². The first-order valence-corrected chi connectivity index (χ1v) is 9.63. The summed E-state index contributed by atoms with van der Waals surface area (Å²) in [5.74, 6) is 1.04. The Labute approximate surface area is 169 Å². The summed E-state index contributed by atoms with van der Waals surface area (Å²) in [6.07, 6.45) is 3.51. The van der Waals surface area contributed by atoms with Crippen LogP contribution in [0.15, 0.2) is 45.9 Å². The molecule has 2 heterocycles. The van der Waals surface area contributed by atoms with Crippen molar-refractivity contribution in [3.8, 4) is 11.5 Å². The van der Waals surface area contributed by atoms with Crippen molar-refractivity contribution in [2.45, 2.75) is 6.61 Å². The predicted molar refractivity (Wildman–Crippen MR) is 110 cm³/mol. The van der Waals surface area contributed by atoms with Gasteiger partial charge in [-0.05, 0) is 51.8 Å². The zero-order valence-electron chi connectivity index (χ0n) is 14.1. The molecule has 3 rings (SSSR count). The van der Waals surface area contributed by atoms with Crippen molar-refractivity contribution in [3.63, 3.8) is 0 Å². The van der Waals surface area contributed by atoms with Gasteiger partial charge in [-0.25, -0.2) is 0 Å². The molecule has 0 saturated carbocycles. The Morgan fingerprint density at radius 2 is 2.19 bits per heavy atom. The van der Waals surface area contributed by atoms with E-state index in [2.05, 4.69) is 20.9 Å². The summed E-state index contributed by atoms with van der Waals surface area (Å²) in [6, 6.07) is 9.35. The summed E-state index contributed by atoms with van der Waals surface area (Å²) in [6.45, 7) is 0.323. The summed E-state index contributed by atoms with van der Waals surface area (Å²) >= 11 is 9.95. The Bertz CT molecular complexity index is 888. The standard InChI is InChI=1S/C18H15BrN2O3S2/c1-21-17(22)15(26-18(21)25)9-11-7-13(19)16(14(8-11)23-2)24-10-12-5-3-4-6-20-12/h3-9H,10H2,1-2H3/b15-9+. The van der Waals surface area contributed by atoms with Gasteiger partial charge in [0.2, 0.25) is 0 Å². The summed E-state index contributed by atoms with van der Waals surface area (Å²) in [4.78, 5) is 18.4. The van der Waals surface area contributed by atoms with Crippen LogP contribution < -0.4 is 9.47 Å². The second kappa shape index (κ2) is 8.20. The highest BCUT2D eigenvalue weighted by Crippen LogP contribution is 2.39. The molecule has 1 saturated heterocycles. The fraction of sp³-hybridized carbons (Fsp3) is 0.167. The Hall–Kier alpha value is -1.90. The molecule has 1 aliphatic heterocycles. The second-order valence-corrected chi connectivity index (χ2v) is 7.91. The van der Waals surface area contributed by atoms with Gasteiger partial charge >= 0.3 is 0 Å². The molecule has 2 aromatic rings. The van der Waals surface area contributed by atoms with Gasteiger partial charge in [-0.3, -0.25) is 14.7 Å². The van der Waals surface area contributed by atoms with Crippen LogP contribution in [-0.2, 0) is 11.4 Å². The van der Waals surface area contributed by atoms with Crippen LogP contribution in [0.1, 0.15) is 11.3 Å². The molecule has 1 fully saturated rings. The number of carbonyl (C=O) groups is 1. The van der Waals surface area contributed by atoms with Gasteiger partial charge in [0.25, 0.3) is 5.91 Å². The van der Waals surface area contributed by atoms with Crippen molar-refractivity contribution in [3.05, 3.63) is 57.2 Å². The molecular weight excluding hydrogens is 436 g/mol. The van der Waals surface area contributed by atoms with E-state index in [0.717, 1.165) is 15.7 Å². The first-order valence-electron chi connectivity index (χ1n) is 7.61. The van der Waals surface area contributed by atoms with Gasteiger partial charge in [-0.2, -0.15) is 0 Å². The van der Waals surface area contributed by atoms with E-state index in [-0.39, 0.29) is 5.91 Å². The molecule has 0 aliphatic carbocycles. The van der Waals surface area contributed by atoms with E-state index >= 15 is 0 Å². The van der Waals surface area contributed by atoms with Crippen LogP contribution in [-0.4, -0.2) is 34.3 Å². The van der Waals surface area contributed by atoms with E-state index in [0.29, 0.717) is 27.3 Å². The largest absolute Gasteiger partial charge is 0.493 e. The summed E-state index contributed by atoms with van der Waals surface area (Å²) in [5.41, 5.74) is 1.63. The minimum Gasteiger partial charge on any atom is -0.493 e. The maximum atomic E-state index is 12.2. The van der Waals surface area contributed by atoms with Gasteiger partial charge in [-0.15, -0.1) is 0 Å². The number of hydrogen-bond acceptors (Lipinski definition) is 6. The molecule has 0 N–H and O–H groups in total. The zero-order valence-corrected chi connectivity index (χ0v) is 17.3. The number of likely N-dealkylation sites (N-methyl/N-ethyl adjacent to an activating group) is 1. The van der Waals surface area contributed by atoms with Gasteiger partial charge in [-0.1, -0.05) is 30.0 Å². The number of ether oxygens (including phenoxy) is 2. The molecule has 0 radical (unpaired) electrons. The quantitative estimate of drug-likeness (QED) is 0.500. The minimum absolute atomic E-state index is 0.106. The average Bonchev–Trinajstić information content (AvgIpc) is 2.88. The van der Waals surface area contributed by atoms with Crippen molar-refractivity contribution >= 4 is 56.2 Å². The molecule has 8 heteroatoms. The SMILES string of the molecule is COc1cc(/C=C2/SC(=S)N(C)C2=O)cc(Br)c1OCc1ccccn1. The summed E-state index contributed by atoms with van der Waals surface area (Å²) in [5, 5.41) is 0. The smallest absolute Gasteiger partial charge is 0.265 e. The third kappa shape index (κ3) is 4.08. The fourth-order valence-corrected chi connectivity index (χ4v) is 4.04. The Kier molecular flexibility index (Phi) is 5.95. The van der Waals surface area contributed by atoms with Crippen LogP contribution in [0.5, 0.6) is 11.5 Å². The maximum Gasteiger partial charge on any atom is 0.265 e. The van der Waals surface area contributed by atoms with E-state index < -0.39 is 0 Å². The molecule has 5 nitrogen and oxygen atoms in total. The number of carbonyl (C=O) groups excluding carboxylic acids is 1.